The first-order valence-electron chi connectivity index (χ1n) is 13.7. The smallest absolute Gasteiger partial charge is 0.412 e. The molecule has 1 saturated heterocycles. The van der Waals surface area contributed by atoms with Gasteiger partial charge < -0.3 is 24.2 Å². The molecule has 196 valence electrons. The molecule has 2 heterocycles. The Morgan fingerprint density at radius 2 is 1.56 bits per heavy atom. The van der Waals surface area contributed by atoms with E-state index in [4.69, 9.17) is 14.2 Å². The summed E-state index contributed by atoms with van der Waals surface area (Å²) in [6.45, 7) is 5.13. The molecular weight excluding hydrogens is 434 g/mol. The van der Waals surface area contributed by atoms with Crippen LogP contribution in [0.1, 0.15) is 117 Å². The predicted molar refractivity (Wildman–Crippen MR) is 132 cm³/mol. The Morgan fingerprint density at radius 3 is 2.18 bits per heavy atom. The fourth-order valence-electron chi connectivity index (χ4n) is 4.54. The molecule has 0 spiro atoms. The van der Waals surface area contributed by atoms with Crippen LogP contribution in [0.15, 0.2) is 11.8 Å². The van der Waals surface area contributed by atoms with Gasteiger partial charge >= 0.3 is 12.1 Å². The lowest BCUT2D eigenvalue weighted by molar-refractivity contribution is -0.176. The standard InChI is InChI=1S/C27H47NO6/c1-3-4-5-6-7-8-9-10-11-12-14-17-23(29)24-18-19-25(34-24)26(30)32-22(2)33-27(31)28-20-15-13-16-21-28/h18,22-23,25,29H,3-17,19-21H2,1-2H3. The Bertz CT molecular complexity index is 616. The third kappa shape index (κ3) is 11.1. The van der Waals surface area contributed by atoms with Crippen molar-refractivity contribution >= 4 is 12.1 Å². The number of hydrogen-bond acceptors (Lipinski definition) is 6. The van der Waals surface area contributed by atoms with E-state index in [1.165, 1.54) is 64.7 Å². The van der Waals surface area contributed by atoms with Crippen LogP contribution in [0.4, 0.5) is 4.79 Å². The summed E-state index contributed by atoms with van der Waals surface area (Å²) in [4.78, 5) is 26.2. The second-order valence-corrected chi connectivity index (χ2v) is 9.72. The highest BCUT2D eigenvalue weighted by Crippen LogP contribution is 2.24. The van der Waals surface area contributed by atoms with Gasteiger partial charge in [-0.05, 0) is 31.8 Å². The van der Waals surface area contributed by atoms with Crippen molar-refractivity contribution in [3.8, 4) is 0 Å². The summed E-state index contributed by atoms with van der Waals surface area (Å²) in [6.07, 6.45) is 16.8. The van der Waals surface area contributed by atoms with Crippen LogP contribution in [0.25, 0.3) is 0 Å². The number of ether oxygens (including phenoxy) is 3. The molecule has 1 N–H and O–H groups in total. The number of nitrogens with zero attached hydrogens (tertiary/aromatic N) is 1. The van der Waals surface area contributed by atoms with Crippen LogP contribution in [0.3, 0.4) is 0 Å². The van der Waals surface area contributed by atoms with Crippen LogP contribution < -0.4 is 0 Å². The minimum atomic E-state index is -0.976. The van der Waals surface area contributed by atoms with E-state index in [2.05, 4.69) is 6.92 Å². The van der Waals surface area contributed by atoms with Crippen molar-refractivity contribution in [1.29, 1.82) is 0 Å². The summed E-state index contributed by atoms with van der Waals surface area (Å²) in [5.41, 5.74) is 0. The molecule has 2 aliphatic heterocycles. The number of esters is 1. The summed E-state index contributed by atoms with van der Waals surface area (Å²) in [6, 6.07) is 0. The molecule has 34 heavy (non-hydrogen) atoms. The second kappa shape index (κ2) is 16.8. The first kappa shape index (κ1) is 28.5. The number of unbranched alkanes of at least 4 members (excludes halogenated alkanes) is 10. The molecule has 2 aliphatic rings. The van der Waals surface area contributed by atoms with E-state index in [0.29, 0.717) is 31.7 Å². The summed E-state index contributed by atoms with van der Waals surface area (Å²) in [5.74, 6) is -0.126. The number of piperidine rings is 1. The molecule has 3 unspecified atom stereocenters. The number of hydrogen-bond donors (Lipinski definition) is 1. The van der Waals surface area contributed by atoms with Gasteiger partial charge in [0.1, 0.15) is 11.9 Å². The Hall–Kier alpha value is -1.76. The third-order valence-electron chi connectivity index (χ3n) is 6.65. The van der Waals surface area contributed by atoms with E-state index >= 15 is 0 Å². The number of rotatable bonds is 16. The van der Waals surface area contributed by atoms with Gasteiger partial charge in [0, 0.05) is 26.4 Å². The second-order valence-electron chi connectivity index (χ2n) is 9.72. The van der Waals surface area contributed by atoms with Crippen molar-refractivity contribution in [2.24, 2.45) is 0 Å². The van der Waals surface area contributed by atoms with Gasteiger partial charge in [-0.1, -0.05) is 77.6 Å². The largest absolute Gasteiger partial charge is 0.480 e. The minimum absolute atomic E-state index is 0.357. The molecular formula is C27H47NO6. The Labute approximate surface area is 206 Å². The first-order chi connectivity index (χ1) is 16.5. The molecule has 0 bridgehead atoms. The number of carbonyl (C=O) groups is 2. The average molecular weight is 482 g/mol. The van der Waals surface area contributed by atoms with E-state index in [1.807, 2.05) is 0 Å². The van der Waals surface area contributed by atoms with E-state index in [9.17, 15) is 14.7 Å². The van der Waals surface area contributed by atoms with Gasteiger partial charge in [0.2, 0.25) is 6.29 Å². The van der Waals surface area contributed by atoms with Crippen LogP contribution in [-0.4, -0.2) is 53.7 Å². The van der Waals surface area contributed by atoms with Crippen molar-refractivity contribution < 1.29 is 28.9 Å². The lowest BCUT2D eigenvalue weighted by atomic mass is 10.0. The highest BCUT2D eigenvalue weighted by atomic mass is 16.7. The third-order valence-corrected chi connectivity index (χ3v) is 6.65. The molecule has 2 rings (SSSR count). The zero-order valence-electron chi connectivity index (χ0n) is 21.5. The summed E-state index contributed by atoms with van der Waals surface area (Å²) < 4.78 is 16.1. The normalized spacial score (nSPS) is 19.8. The van der Waals surface area contributed by atoms with Gasteiger partial charge in [0.05, 0.1) is 0 Å². The van der Waals surface area contributed by atoms with Crippen LogP contribution in [0, 0.1) is 0 Å². The van der Waals surface area contributed by atoms with Gasteiger partial charge in [-0.2, -0.15) is 0 Å². The van der Waals surface area contributed by atoms with Crippen molar-refractivity contribution in [2.45, 2.75) is 135 Å². The van der Waals surface area contributed by atoms with Gasteiger partial charge in [-0.3, -0.25) is 0 Å². The Morgan fingerprint density at radius 1 is 0.971 bits per heavy atom. The lowest BCUT2D eigenvalue weighted by Crippen LogP contribution is -2.39. The average Bonchev–Trinajstić information content (AvgIpc) is 3.33. The maximum Gasteiger partial charge on any atom is 0.412 e. The van der Waals surface area contributed by atoms with Crippen molar-refractivity contribution in [3.63, 3.8) is 0 Å². The van der Waals surface area contributed by atoms with E-state index in [1.54, 1.807) is 11.0 Å². The monoisotopic (exact) mass is 481 g/mol. The molecule has 1 fully saturated rings. The van der Waals surface area contributed by atoms with Gasteiger partial charge in [-0.15, -0.1) is 0 Å². The maximum atomic E-state index is 12.4. The molecule has 7 nitrogen and oxygen atoms in total. The zero-order valence-corrected chi connectivity index (χ0v) is 21.5. The molecule has 0 radical (unpaired) electrons. The number of aliphatic hydroxyl groups excluding tert-OH is 1. The first-order valence-corrected chi connectivity index (χ1v) is 13.7. The fraction of sp³-hybridized carbons (Fsp3) is 0.852. The lowest BCUT2D eigenvalue weighted by Gasteiger charge is -2.27. The van der Waals surface area contributed by atoms with Crippen LogP contribution in [-0.2, 0) is 19.0 Å². The van der Waals surface area contributed by atoms with E-state index < -0.39 is 30.6 Å². The molecule has 0 saturated carbocycles. The van der Waals surface area contributed by atoms with Crippen LogP contribution >= 0.6 is 0 Å². The van der Waals surface area contributed by atoms with Gasteiger partial charge in [0.25, 0.3) is 0 Å². The molecule has 0 aliphatic carbocycles. The Balaban J connectivity index is 1.51. The highest BCUT2D eigenvalue weighted by molar-refractivity contribution is 5.76. The molecule has 0 aromatic rings. The Kier molecular flexibility index (Phi) is 14.1. The van der Waals surface area contributed by atoms with Crippen LogP contribution in [0.5, 0.6) is 0 Å². The van der Waals surface area contributed by atoms with Gasteiger partial charge in [-0.25, -0.2) is 9.59 Å². The van der Waals surface area contributed by atoms with Crippen molar-refractivity contribution in [3.05, 3.63) is 11.8 Å². The molecule has 1 amide bonds. The topological polar surface area (TPSA) is 85.3 Å². The van der Waals surface area contributed by atoms with E-state index in [-0.39, 0.29) is 0 Å². The zero-order chi connectivity index (χ0) is 24.6. The molecule has 7 heteroatoms. The van der Waals surface area contributed by atoms with Crippen LogP contribution in [0.2, 0.25) is 0 Å². The predicted octanol–water partition coefficient (Wildman–Crippen LogP) is 6.23. The van der Waals surface area contributed by atoms with E-state index in [0.717, 1.165) is 32.1 Å². The molecule has 3 atom stereocenters. The number of aliphatic hydroxyl groups is 1. The fourth-order valence-corrected chi connectivity index (χ4v) is 4.54. The molecule has 0 aromatic heterocycles. The SMILES string of the molecule is CCCCCCCCCCCCCC(O)C1=CCC(C(=O)OC(C)OC(=O)N2CCCCC2)O1. The maximum absolute atomic E-state index is 12.4. The quantitative estimate of drug-likeness (QED) is 0.160. The van der Waals surface area contributed by atoms with Crippen molar-refractivity contribution in [1.82, 2.24) is 4.90 Å². The number of likely N-dealkylation sites (tertiary alicyclic amines) is 1. The number of carbonyl (C=O) groups excluding carboxylic acids is 2. The highest BCUT2D eigenvalue weighted by Gasteiger charge is 2.32. The molecule has 0 aromatic carbocycles. The summed E-state index contributed by atoms with van der Waals surface area (Å²) in [7, 11) is 0. The van der Waals surface area contributed by atoms with Crippen molar-refractivity contribution in [2.75, 3.05) is 13.1 Å². The summed E-state index contributed by atoms with van der Waals surface area (Å²) >= 11 is 0. The van der Waals surface area contributed by atoms with Gasteiger partial charge in [0.15, 0.2) is 6.10 Å². The minimum Gasteiger partial charge on any atom is -0.480 e. The summed E-state index contributed by atoms with van der Waals surface area (Å²) in [5, 5.41) is 10.4. The number of amides is 1.